The maximum atomic E-state index is 12.4. The second kappa shape index (κ2) is 7.83. The van der Waals surface area contributed by atoms with Gasteiger partial charge in [-0.05, 0) is 43.0 Å². The second-order valence-corrected chi connectivity index (χ2v) is 7.09. The number of benzene rings is 1. The van der Waals surface area contributed by atoms with Crippen LogP contribution in [0.3, 0.4) is 0 Å². The van der Waals surface area contributed by atoms with Gasteiger partial charge in [0.05, 0.1) is 24.7 Å². The van der Waals surface area contributed by atoms with Crippen molar-refractivity contribution in [3.05, 3.63) is 42.5 Å². The Morgan fingerprint density at radius 3 is 2.84 bits per heavy atom. The molecule has 1 atom stereocenters. The number of hydrogen-bond acceptors (Lipinski definition) is 3. The Hall–Kier alpha value is -2.14. The summed E-state index contributed by atoms with van der Waals surface area (Å²) < 4.78 is 6.05. The summed E-state index contributed by atoms with van der Waals surface area (Å²) in [5.74, 6) is -0.267. The SMILES string of the molecule is C=CC(=O)Nc1cccc(CC(=O)NC2COC3(CCCCC3)C2)c1. The minimum Gasteiger partial charge on any atom is -0.373 e. The number of carbonyl (C=O) groups excluding carboxylic acids is 2. The smallest absolute Gasteiger partial charge is 0.247 e. The van der Waals surface area contributed by atoms with Crippen LogP contribution < -0.4 is 10.6 Å². The Bertz CT molecular complexity index is 650. The van der Waals surface area contributed by atoms with E-state index < -0.39 is 0 Å². The van der Waals surface area contributed by atoms with Crippen LogP contribution in [0.5, 0.6) is 0 Å². The van der Waals surface area contributed by atoms with E-state index in [0.717, 1.165) is 24.8 Å². The first-order valence-electron chi connectivity index (χ1n) is 9.04. The largest absolute Gasteiger partial charge is 0.373 e. The number of rotatable bonds is 5. The highest BCUT2D eigenvalue weighted by Crippen LogP contribution is 2.39. The highest BCUT2D eigenvalue weighted by molar-refractivity contribution is 5.98. The molecule has 1 aliphatic carbocycles. The van der Waals surface area contributed by atoms with Crippen LogP contribution in [0.15, 0.2) is 36.9 Å². The molecule has 0 aromatic heterocycles. The first-order valence-corrected chi connectivity index (χ1v) is 9.04. The van der Waals surface area contributed by atoms with Crippen LogP contribution in [0.2, 0.25) is 0 Å². The normalized spacial score (nSPS) is 21.7. The van der Waals surface area contributed by atoms with Gasteiger partial charge in [-0.25, -0.2) is 0 Å². The van der Waals surface area contributed by atoms with Crippen molar-refractivity contribution in [1.82, 2.24) is 5.32 Å². The standard InChI is InChI=1S/C20H26N2O3/c1-2-18(23)21-16-8-6-7-15(11-16)12-19(24)22-17-13-20(25-14-17)9-4-3-5-10-20/h2,6-8,11,17H,1,3-5,9-10,12-14H2,(H,21,23)(H,22,24). The molecule has 25 heavy (non-hydrogen) atoms. The number of amides is 2. The molecule has 0 radical (unpaired) electrons. The fraction of sp³-hybridized carbons (Fsp3) is 0.500. The fourth-order valence-corrected chi connectivity index (χ4v) is 3.90. The number of anilines is 1. The average molecular weight is 342 g/mol. The molecular formula is C20H26N2O3. The summed E-state index contributed by atoms with van der Waals surface area (Å²) in [7, 11) is 0. The Labute approximate surface area is 148 Å². The average Bonchev–Trinajstić information content (AvgIpc) is 2.97. The van der Waals surface area contributed by atoms with Gasteiger partial charge in [0.25, 0.3) is 0 Å². The summed E-state index contributed by atoms with van der Waals surface area (Å²) in [6.45, 7) is 4.05. The lowest BCUT2D eigenvalue weighted by atomic mass is 9.82. The molecule has 1 aliphatic heterocycles. The zero-order valence-electron chi connectivity index (χ0n) is 14.6. The van der Waals surface area contributed by atoms with E-state index in [9.17, 15) is 9.59 Å². The Morgan fingerprint density at radius 2 is 2.08 bits per heavy atom. The van der Waals surface area contributed by atoms with E-state index >= 15 is 0 Å². The molecule has 1 spiro atoms. The third-order valence-electron chi connectivity index (χ3n) is 5.08. The van der Waals surface area contributed by atoms with E-state index in [1.54, 1.807) is 6.07 Å². The predicted octanol–water partition coefficient (Wildman–Crippen LogP) is 2.96. The molecule has 2 fully saturated rings. The van der Waals surface area contributed by atoms with Crippen LogP contribution in [-0.2, 0) is 20.7 Å². The van der Waals surface area contributed by atoms with E-state index in [1.807, 2.05) is 18.2 Å². The zero-order chi connectivity index (χ0) is 17.7. The van der Waals surface area contributed by atoms with Crippen molar-refractivity contribution >= 4 is 17.5 Å². The maximum Gasteiger partial charge on any atom is 0.247 e. The summed E-state index contributed by atoms with van der Waals surface area (Å²) in [5, 5.41) is 5.81. The van der Waals surface area contributed by atoms with E-state index in [4.69, 9.17) is 4.74 Å². The lowest BCUT2D eigenvalue weighted by Crippen LogP contribution is -2.38. The third-order valence-corrected chi connectivity index (χ3v) is 5.08. The molecule has 134 valence electrons. The quantitative estimate of drug-likeness (QED) is 0.809. The van der Waals surface area contributed by atoms with E-state index in [1.165, 1.54) is 25.3 Å². The van der Waals surface area contributed by atoms with Gasteiger partial charge in [0.1, 0.15) is 0 Å². The van der Waals surface area contributed by atoms with Crippen LogP contribution in [0.25, 0.3) is 0 Å². The summed E-state index contributed by atoms with van der Waals surface area (Å²) >= 11 is 0. The molecule has 5 nitrogen and oxygen atoms in total. The Balaban J connectivity index is 1.52. The predicted molar refractivity (Wildman–Crippen MR) is 97.3 cm³/mol. The summed E-state index contributed by atoms with van der Waals surface area (Å²) in [4.78, 5) is 23.7. The number of ether oxygens (including phenoxy) is 1. The summed E-state index contributed by atoms with van der Waals surface area (Å²) in [5.41, 5.74) is 1.54. The van der Waals surface area contributed by atoms with Gasteiger partial charge in [-0.15, -0.1) is 0 Å². The van der Waals surface area contributed by atoms with Gasteiger partial charge >= 0.3 is 0 Å². The lowest BCUT2D eigenvalue weighted by Gasteiger charge is -2.32. The lowest BCUT2D eigenvalue weighted by molar-refractivity contribution is -0.121. The van der Waals surface area contributed by atoms with Crippen LogP contribution in [0.1, 0.15) is 44.1 Å². The van der Waals surface area contributed by atoms with Gasteiger partial charge < -0.3 is 15.4 Å². The molecule has 3 rings (SSSR count). The van der Waals surface area contributed by atoms with Crippen LogP contribution >= 0.6 is 0 Å². The maximum absolute atomic E-state index is 12.4. The van der Waals surface area contributed by atoms with Crippen LogP contribution in [0.4, 0.5) is 5.69 Å². The molecule has 0 bridgehead atoms. The van der Waals surface area contributed by atoms with Crippen molar-refractivity contribution in [2.75, 3.05) is 11.9 Å². The van der Waals surface area contributed by atoms with Gasteiger partial charge in [-0.1, -0.05) is 38.0 Å². The van der Waals surface area contributed by atoms with Gasteiger partial charge in [0.2, 0.25) is 11.8 Å². The second-order valence-electron chi connectivity index (χ2n) is 7.09. The molecular weight excluding hydrogens is 316 g/mol. The molecule has 1 saturated carbocycles. The molecule has 2 amide bonds. The minimum atomic E-state index is -0.262. The van der Waals surface area contributed by atoms with E-state index in [2.05, 4.69) is 17.2 Å². The van der Waals surface area contributed by atoms with Gasteiger partial charge in [-0.2, -0.15) is 0 Å². The van der Waals surface area contributed by atoms with Gasteiger partial charge in [0, 0.05) is 5.69 Å². The topological polar surface area (TPSA) is 67.4 Å². The third kappa shape index (κ3) is 4.69. The zero-order valence-corrected chi connectivity index (χ0v) is 14.6. The first-order chi connectivity index (χ1) is 12.1. The molecule has 1 saturated heterocycles. The van der Waals surface area contributed by atoms with Crippen molar-refractivity contribution in [1.29, 1.82) is 0 Å². The first kappa shape index (κ1) is 17.7. The fourth-order valence-electron chi connectivity index (χ4n) is 3.90. The Kier molecular flexibility index (Phi) is 5.53. The van der Waals surface area contributed by atoms with Crippen molar-refractivity contribution in [3.8, 4) is 0 Å². The van der Waals surface area contributed by atoms with Crippen LogP contribution in [0, 0.1) is 0 Å². The van der Waals surface area contributed by atoms with Crippen molar-refractivity contribution in [3.63, 3.8) is 0 Å². The monoisotopic (exact) mass is 342 g/mol. The summed E-state index contributed by atoms with van der Waals surface area (Å²) in [6, 6.07) is 7.43. The molecule has 1 unspecified atom stereocenters. The Morgan fingerprint density at radius 1 is 1.28 bits per heavy atom. The molecule has 2 aliphatic rings. The minimum absolute atomic E-state index is 0.00504. The van der Waals surface area contributed by atoms with Crippen molar-refractivity contribution in [2.45, 2.75) is 56.6 Å². The number of carbonyl (C=O) groups is 2. The van der Waals surface area contributed by atoms with E-state index in [-0.39, 0.29) is 23.5 Å². The summed E-state index contributed by atoms with van der Waals surface area (Å²) in [6.07, 6.45) is 8.42. The molecule has 2 N–H and O–H groups in total. The van der Waals surface area contributed by atoms with Crippen molar-refractivity contribution < 1.29 is 14.3 Å². The molecule has 1 aromatic rings. The van der Waals surface area contributed by atoms with Gasteiger partial charge in [-0.3, -0.25) is 9.59 Å². The van der Waals surface area contributed by atoms with Crippen LogP contribution in [-0.4, -0.2) is 30.1 Å². The molecule has 1 aromatic carbocycles. The number of hydrogen-bond donors (Lipinski definition) is 2. The van der Waals surface area contributed by atoms with Gasteiger partial charge in [0.15, 0.2) is 0 Å². The number of nitrogens with one attached hydrogen (secondary N) is 2. The highest BCUT2D eigenvalue weighted by Gasteiger charge is 2.41. The van der Waals surface area contributed by atoms with Crippen molar-refractivity contribution in [2.24, 2.45) is 0 Å². The van der Waals surface area contributed by atoms with E-state index in [0.29, 0.717) is 18.7 Å². The molecule has 5 heteroatoms. The highest BCUT2D eigenvalue weighted by atomic mass is 16.5. The molecule has 1 heterocycles.